The van der Waals surface area contributed by atoms with Crippen molar-refractivity contribution in [3.8, 4) is 0 Å². The average molecular weight is 411 g/mol. The molecule has 4 heterocycles. The summed E-state index contributed by atoms with van der Waals surface area (Å²) in [6.45, 7) is 3.30. The van der Waals surface area contributed by atoms with Crippen LogP contribution in [0.15, 0.2) is 42.7 Å². The van der Waals surface area contributed by atoms with E-state index >= 15 is 0 Å². The minimum atomic E-state index is -0.819. The predicted molar refractivity (Wildman–Crippen MR) is 105 cm³/mol. The molecule has 0 radical (unpaired) electrons. The molecule has 4 atom stereocenters. The van der Waals surface area contributed by atoms with Gasteiger partial charge in [0.2, 0.25) is 11.8 Å². The fourth-order valence-corrected chi connectivity index (χ4v) is 4.83. The van der Waals surface area contributed by atoms with Crippen molar-refractivity contribution >= 4 is 17.5 Å². The van der Waals surface area contributed by atoms with E-state index in [0.717, 1.165) is 0 Å². The molecule has 2 amide bonds. The van der Waals surface area contributed by atoms with E-state index in [9.17, 15) is 14.0 Å². The predicted octanol–water partition coefficient (Wildman–Crippen LogP) is 1.38. The molecule has 3 aliphatic heterocycles. The smallest absolute Gasteiger partial charge is 0.234 e. The molecule has 2 fully saturated rings. The Bertz CT molecular complexity index is 1040. The number of amides is 2. The first-order valence-electron chi connectivity index (χ1n) is 9.99. The standard InChI is InChI=1S/C21H22FN5O3/c1-3-26-12-23-24-16(26)10-25(2)19(28)17-15-8-9-21(30-15)11-27(20(29)18(17)21)14-6-4-13(22)5-7-14/h4-9,12,15,17-18H,3,10-11H2,1-2H3/t15-,17-,18+,21-/m0/s1. The largest absolute Gasteiger partial charge is 0.360 e. The Hall–Kier alpha value is -3.07. The lowest BCUT2D eigenvalue weighted by molar-refractivity contribution is -0.139. The van der Waals surface area contributed by atoms with Crippen molar-refractivity contribution in [3.05, 3.63) is 54.4 Å². The van der Waals surface area contributed by atoms with Crippen LogP contribution in [-0.2, 0) is 27.4 Å². The zero-order chi connectivity index (χ0) is 21.0. The topological polar surface area (TPSA) is 80.6 Å². The number of halogens is 1. The summed E-state index contributed by atoms with van der Waals surface area (Å²) in [5.74, 6) is -1.20. The third kappa shape index (κ3) is 2.68. The number of nitrogens with zero attached hydrogens (tertiary/aromatic N) is 5. The Balaban J connectivity index is 1.40. The Labute approximate surface area is 172 Å². The quantitative estimate of drug-likeness (QED) is 0.695. The van der Waals surface area contributed by atoms with Crippen LogP contribution in [0.5, 0.6) is 0 Å². The fourth-order valence-electron chi connectivity index (χ4n) is 4.83. The van der Waals surface area contributed by atoms with E-state index in [0.29, 0.717) is 31.1 Å². The van der Waals surface area contributed by atoms with Crippen molar-refractivity contribution in [1.82, 2.24) is 19.7 Å². The maximum absolute atomic E-state index is 13.4. The molecule has 1 aromatic heterocycles. The van der Waals surface area contributed by atoms with Gasteiger partial charge in [0, 0.05) is 19.3 Å². The minimum Gasteiger partial charge on any atom is -0.360 e. The van der Waals surface area contributed by atoms with E-state index < -0.39 is 23.5 Å². The summed E-state index contributed by atoms with van der Waals surface area (Å²) < 4.78 is 21.4. The van der Waals surface area contributed by atoms with Gasteiger partial charge in [-0.25, -0.2) is 4.39 Å². The average Bonchev–Trinajstić information content (AvgIpc) is 3.49. The van der Waals surface area contributed by atoms with Crippen LogP contribution >= 0.6 is 0 Å². The molecule has 3 aliphatic rings. The molecule has 30 heavy (non-hydrogen) atoms. The molecule has 5 rings (SSSR count). The molecule has 2 saturated heterocycles. The van der Waals surface area contributed by atoms with E-state index in [1.165, 1.54) is 12.1 Å². The number of carbonyl (C=O) groups is 2. The van der Waals surface area contributed by atoms with Crippen LogP contribution in [-0.4, -0.2) is 56.8 Å². The van der Waals surface area contributed by atoms with Gasteiger partial charge >= 0.3 is 0 Å². The zero-order valence-corrected chi connectivity index (χ0v) is 16.7. The number of benzene rings is 1. The molecule has 1 spiro atoms. The second kappa shape index (κ2) is 6.73. The second-order valence-corrected chi connectivity index (χ2v) is 8.03. The number of rotatable bonds is 5. The van der Waals surface area contributed by atoms with E-state index in [1.807, 2.05) is 23.6 Å². The van der Waals surface area contributed by atoms with Crippen LogP contribution in [0.4, 0.5) is 10.1 Å². The summed E-state index contributed by atoms with van der Waals surface area (Å²) in [5.41, 5.74) is -0.220. The van der Waals surface area contributed by atoms with Crippen LogP contribution in [0, 0.1) is 17.7 Å². The Morgan fingerprint density at radius 3 is 2.87 bits per heavy atom. The summed E-state index contributed by atoms with van der Waals surface area (Å²) in [5, 5.41) is 8.00. The maximum Gasteiger partial charge on any atom is 0.234 e. The number of aryl methyl sites for hydroxylation is 1. The Kier molecular flexibility index (Phi) is 4.25. The number of hydrogen-bond acceptors (Lipinski definition) is 5. The monoisotopic (exact) mass is 411 g/mol. The summed E-state index contributed by atoms with van der Waals surface area (Å²) in [7, 11) is 1.70. The van der Waals surface area contributed by atoms with Crippen LogP contribution < -0.4 is 4.90 Å². The van der Waals surface area contributed by atoms with Crippen LogP contribution in [0.3, 0.4) is 0 Å². The Morgan fingerprint density at radius 2 is 2.13 bits per heavy atom. The molecule has 2 bridgehead atoms. The molecule has 156 valence electrons. The molecular formula is C21H22FN5O3. The molecule has 1 aromatic carbocycles. The van der Waals surface area contributed by atoms with Crippen molar-refractivity contribution in [1.29, 1.82) is 0 Å². The van der Waals surface area contributed by atoms with Crippen LogP contribution in [0.1, 0.15) is 12.7 Å². The van der Waals surface area contributed by atoms with E-state index in [1.54, 1.807) is 35.3 Å². The second-order valence-electron chi connectivity index (χ2n) is 8.03. The summed E-state index contributed by atoms with van der Waals surface area (Å²) in [6, 6.07) is 5.79. The van der Waals surface area contributed by atoms with Gasteiger partial charge in [0.1, 0.15) is 17.7 Å². The fraction of sp³-hybridized carbons (Fsp3) is 0.429. The van der Waals surface area contributed by atoms with Gasteiger partial charge in [-0.05, 0) is 31.2 Å². The third-order valence-electron chi connectivity index (χ3n) is 6.32. The number of carbonyl (C=O) groups excluding carboxylic acids is 2. The first-order valence-corrected chi connectivity index (χ1v) is 9.99. The van der Waals surface area contributed by atoms with Gasteiger partial charge in [-0.1, -0.05) is 12.2 Å². The highest BCUT2D eigenvalue weighted by Crippen LogP contribution is 2.53. The van der Waals surface area contributed by atoms with E-state index in [2.05, 4.69) is 10.2 Å². The van der Waals surface area contributed by atoms with Gasteiger partial charge in [-0.3, -0.25) is 9.59 Å². The molecule has 0 N–H and O–H groups in total. The summed E-state index contributed by atoms with van der Waals surface area (Å²) >= 11 is 0. The maximum atomic E-state index is 13.4. The molecule has 8 nitrogen and oxygen atoms in total. The van der Waals surface area contributed by atoms with Gasteiger partial charge in [-0.2, -0.15) is 0 Å². The lowest BCUT2D eigenvalue weighted by Crippen LogP contribution is -2.44. The number of anilines is 1. The highest BCUT2D eigenvalue weighted by atomic mass is 19.1. The van der Waals surface area contributed by atoms with Gasteiger partial charge in [0.05, 0.1) is 31.0 Å². The number of ether oxygens (including phenoxy) is 1. The van der Waals surface area contributed by atoms with Crippen molar-refractivity contribution in [2.45, 2.75) is 31.7 Å². The van der Waals surface area contributed by atoms with Crippen molar-refractivity contribution in [3.63, 3.8) is 0 Å². The van der Waals surface area contributed by atoms with Gasteiger partial charge in [0.25, 0.3) is 0 Å². The normalized spacial score (nSPS) is 29.0. The molecule has 0 saturated carbocycles. The number of fused-ring (bicyclic) bond motifs is 1. The first kappa shape index (κ1) is 18.9. The first-order chi connectivity index (χ1) is 14.4. The van der Waals surface area contributed by atoms with E-state index in [4.69, 9.17) is 4.74 Å². The molecular weight excluding hydrogens is 389 g/mol. The highest BCUT2D eigenvalue weighted by Gasteiger charge is 2.67. The molecule has 2 aromatic rings. The zero-order valence-electron chi connectivity index (χ0n) is 16.7. The Morgan fingerprint density at radius 1 is 1.37 bits per heavy atom. The lowest BCUT2D eigenvalue weighted by atomic mass is 9.76. The molecule has 9 heteroatoms. The lowest BCUT2D eigenvalue weighted by Gasteiger charge is -2.27. The van der Waals surface area contributed by atoms with Gasteiger partial charge < -0.3 is 19.1 Å². The SMILES string of the molecule is CCn1cnnc1CN(C)C(=O)[C@H]1[C@@H]2C=C[C@@]3(CN(c4ccc(F)cc4)C(=O)[C@@H]13)O2. The highest BCUT2D eigenvalue weighted by molar-refractivity contribution is 6.03. The van der Waals surface area contributed by atoms with Gasteiger partial charge in [0.15, 0.2) is 5.82 Å². The summed E-state index contributed by atoms with van der Waals surface area (Å²) in [6.07, 6.45) is 4.99. The van der Waals surface area contributed by atoms with E-state index in [-0.39, 0.29) is 17.6 Å². The van der Waals surface area contributed by atoms with Crippen molar-refractivity contribution in [2.24, 2.45) is 11.8 Å². The van der Waals surface area contributed by atoms with Crippen molar-refractivity contribution in [2.75, 3.05) is 18.5 Å². The minimum absolute atomic E-state index is 0.156. The van der Waals surface area contributed by atoms with Gasteiger partial charge in [-0.15, -0.1) is 10.2 Å². The van der Waals surface area contributed by atoms with Crippen molar-refractivity contribution < 1.29 is 18.7 Å². The number of hydrogen-bond donors (Lipinski definition) is 0. The summed E-state index contributed by atoms with van der Waals surface area (Å²) in [4.78, 5) is 29.9. The van der Waals surface area contributed by atoms with Crippen LogP contribution in [0.25, 0.3) is 0 Å². The molecule has 0 unspecified atom stereocenters. The van der Waals surface area contributed by atoms with Crippen LogP contribution in [0.2, 0.25) is 0 Å². The third-order valence-corrected chi connectivity index (χ3v) is 6.32. The molecule has 0 aliphatic carbocycles. The number of aromatic nitrogens is 3.